The van der Waals surface area contributed by atoms with Crippen molar-refractivity contribution in [2.24, 2.45) is 0 Å². The molecule has 0 aliphatic heterocycles. The molecule has 4 aromatic heterocycles. The first kappa shape index (κ1) is 18.6. The number of anilines is 3. The molecule has 0 saturated heterocycles. The fourth-order valence-electron chi connectivity index (χ4n) is 2.83. The number of aryl methyl sites for hydroxylation is 1. The minimum atomic E-state index is -0.298. The number of rotatable bonds is 5. The largest absolute Gasteiger partial charge is 0.373 e. The predicted molar refractivity (Wildman–Crippen MR) is 112 cm³/mol. The number of fused-ring (bicyclic) bond motifs is 1. The molecule has 0 radical (unpaired) electrons. The van der Waals surface area contributed by atoms with E-state index in [-0.39, 0.29) is 11.5 Å². The Kier molecular flexibility index (Phi) is 4.72. The second-order valence-corrected chi connectivity index (χ2v) is 7.34. The summed E-state index contributed by atoms with van der Waals surface area (Å²) in [6, 6.07) is 5.13. The first-order valence-corrected chi connectivity index (χ1v) is 9.53. The molecule has 0 aliphatic carbocycles. The lowest BCUT2D eigenvalue weighted by atomic mass is 10.3. The second kappa shape index (κ2) is 7.36. The summed E-state index contributed by atoms with van der Waals surface area (Å²) >= 11 is 1.43. The molecule has 4 aromatic rings. The number of amides is 1. The zero-order valence-electron chi connectivity index (χ0n) is 15.9. The first-order chi connectivity index (χ1) is 14.0. The average Bonchev–Trinajstić information content (AvgIpc) is 3.34. The molecule has 0 atom stereocenters. The van der Waals surface area contributed by atoms with Crippen molar-refractivity contribution in [2.75, 3.05) is 24.7 Å². The fraction of sp³-hybridized carbons (Fsp3) is 0.167. The van der Waals surface area contributed by atoms with Crippen molar-refractivity contribution >= 4 is 40.2 Å². The van der Waals surface area contributed by atoms with Crippen molar-refractivity contribution in [3.63, 3.8) is 0 Å². The van der Waals surface area contributed by atoms with Crippen LogP contribution in [0.3, 0.4) is 0 Å². The van der Waals surface area contributed by atoms with Crippen molar-refractivity contribution in [2.45, 2.75) is 6.92 Å². The van der Waals surface area contributed by atoms with Gasteiger partial charge in [0, 0.05) is 37.4 Å². The van der Waals surface area contributed by atoms with Crippen LogP contribution in [0.15, 0.2) is 41.6 Å². The summed E-state index contributed by atoms with van der Waals surface area (Å²) in [5, 5.41) is 13.4. The van der Waals surface area contributed by atoms with E-state index in [2.05, 4.69) is 31.0 Å². The Morgan fingerprint density at radius 2 is 2.07 bits per heavy atom. The third kappa shape index (κ3) is 3.31. The Morgan fingerprint density at radius 3 is 2.76 bits per heavy atom. The monoisotopic (exact) mass is 410 g/mol. The van der Waals surface area contributed by atoms with E-state index in [9.17, 15) is 9.59 Å². The van der Waals surface area contributed by atoms with Crippen LogP contribution in [0.2, 0.25) is 0 Å². The maximum Gasteiger partial charge on any atom is 0.280 e. The molecule has 10 nitrogen and oxygen atoms in total. The van der Waals surface area contributed by atoms with Crippen LogP contribution in [0.4, 0.5) is 17.3 Å². The minimum absolute atomic E-state index is 0.255. The molecular formula is C18H18N8O2S. The summed E-state index contributed by atoms with van der Waals surface area (Å²) < 4.78 is 3.00. The summed E-state index contributed by atoms with van der Waals surface area (Å²) in [6.45, 7) is 1.93. The van der Waals surface area contributed by atoms with Crippen LogP contribution in [0.1, 0.15) is 15.2 Å². The number of carbonyl (C=O) groups excluding carboxylic acids is 1. The van der Waals surface area contributed by atoms with Crippen molar-refractivity contribution < 1.29 is 4.79 Å². The number of aromatic nitrogens is 5. The van der Waals surface area contributed by atoms with Crippen LogP contribution >= 0.6 is 11.3 Å². The summed E-state index contributed by atoms with van der Waals surface area (Å²) in [6.07, 6.45) is 4.84. The molecule has 3 N–H and O–H groups in total. The van der Waals surface area contributed by atoms with Gasteiger partial charge in [0.2, 0.25) is 0 Å². The molecule has 0 aromatic carbocycles. The van der Waals surface area contributed by atoms with E-state index in [1.807, 2.05) is 6.92 Å². The maximum atomic E-state index is 12.9. The molecule has 148 valence electrons. The number of hydrogen-bond acceptors (Lipinski definition) is 8. The molecule has 4 rings (SSSR count). The first-order valence-electron chi connectivity index (χ1n) is 8.72. The van der Waals surface area contributed by atoms with Gasteiger partial charge in [-0.15, -0.1) is 11.3 Å². The van der Waals surface area contributed by atoms with Crippen LogP contribution in [-0.4, -0.2) is 44.2 Å². The molecule has 29 heavy (non-hydrogen) atoms. The molecule has 0 bridgehead atoms. The minimum Gasteiger partial charge on any atom is -0.373 e. The van der Waals surface area contributed by atoms with Crippen LogP contribution < -0.4 is 21.5 Å². The molecule has 0 saturated carbocycles. The summed E-state index contributed by atoms with van der Waals surface area (Å²) in [4.78, 5) is 34.8. The average molecular weight is 410 g/mol. The topological polar surface area (TPSA) is 118 Å². The lowest BCUT2D eigenvalue weighted by molar-refractivity contribution is 0.0964. The van der Waals surface area contributed by atoms with E-state index >= 15 is 0 Å². The van der Waals surface area contributed by atoms with E-state index in [0.29, 0.717) is 33.7 Å². The van der Waals surface area contributed by atoms with E-state index < -0.39 is 0 Å². The normalized spacial score (nSPS) is 10.9. The van der Waals surface area contributed by atoms with Crippen LogP contribution in [0, 0.1) is 6.92 Å². The van der Waals surface area contributed by atoms with Gasteiger partial charge in [0.25, 0.3) is 11.5 Å². The van der Waals surface area contributed by atoms with Gasteiger partial charge in [0.15, 0.2) is 10.8 Å². The molecule has 0 aliphatic rings. The quantitative estimate of drug-likeness (QED) is 0.459. The van der Waals surface area contributed by atoms with E-state index in [1.165, 1.54) is 26.6 Å². The Hall–Kier alpha value is -3.73. The van der Waals surface area contributed by atoms with Crippen LogP contribution in [-0.2, 0) is 0 Å². The Morgan fingerprint density at radius 1 is 1.24 bits per heavy atom. The number of pyridine rings is 1. The predicted octanol–water partition coefficient (Wildman–Crippen LogP) is 1.79. The van der Waals surface area contributed by atoms with Gasteiger partial charge >= 0.3 is 0 Å². The standard InChI is InChI=1S/C18H18N8O2S/c1-10-8-21-18(29-10)25-6-4-5-12(17(25)28)23-13-7-14(19-2)26-15(24-13)11(9-22-26)16(27)20-3/h4-9,19H,1-3H3,(H,20,27)(H,23,24). The summed E-state index contributed by atoms with van der Waals surface area (Å²) in [7, 11) is 3.28. The molecule has 0 fully saturated rings. The Labute approximate surface area is 169 Å². The smallest absolute Gasteiger partial charge is 0.280 e. The lowest BCUT2D eigenvalue weighted by Gasteiger charge is -2.11. The summed E-state index contributed by atoms with van der Waals surface area (Å²) in [5.41, 5.74) is 0.775. The molecule has 1 amide bonds. The van der Waals surface area contributed by atoms with Crippen molar-refractivity contribution in [1.82, 2.24) is 29.5 Å². The lowest BCUT2D eigenvalue weighted by Crippen LogP contribution is -2.20. The van der Waals surface area contributed by atoms with Gasteiger partial charge in [-0.25, -0.2) is 9.97 Å². The SMILES string of the molecule is CNC(=O)c1cnn2c(NC)cc(Nc3cccn(-c4ncc(C)s4)c3=O)nc12. The molecule has 0 unspecified atom stereocenters. The highest BCUT2D eigenvalue weighted by Gasteiger charge is 2.17. The van der Waals surface area contributed by atoms with Gasteiger partial charge in [-0.2, -0.15) is 9.61 Å². The highest BCUT2D eigenvalue weighted by molar-refractivity contribution is 7.13. The molecule has 4 heterocycles. The van der Waals surface area contributed by atoms with Gasteiger partial charge in [-0.05, 0) is 19.1 Å². The fourth-order valence-corrected chi connectivity index (χ4v) is 3.57. The molecular weight excluding hydrogens is 392 g/mol. The van der Waals surface area contributed by atoms with E-state index in [1.54, 1.807) is 44.7 Å². The Bertz CT molecular complexity index is 1270. The van der Waals surface area contributed by atoms with Gasteiger partial charge in [0.1, 0.15) is 22.9 Å². The van der Waals surface area contributed by atoms with Gasteiger partial charge in [0.05, 0.1) is 6.20 Å². The molecule has 0 spiro atoms. The van der Waals surface area contributed by atoms with E-state index in [0.717, 1.165) is 4.88 Å². The Balaban J connectivity index is 1.78. The van der Waals surface area contributed by atoms with E-state index in [4.69, 9.17) is 0 Å². The van der Waals surface area contributed by atoms with Crippen molar-refractivity contribution in [3.05, 3.63) is 57.6 Å². The number of nitrogens with one attached hydrogen (secondary N) is 3. The van der Waals surface area contributed by atoms with Gasteiger partial charge in [-0.1, -0.05) is 0 Å². The van der Waals surface area contributed by atoms with Gasteiger partial charge < -0.3 is 16.0 Å². The summed E-state index contributed by atoms with van der Waals surface area (Å²) in [5.74, 6) is 0.713. The number of nitrogens with zero attached hydrogens (tertiary/aromatic N) is 5. The third-order valence-corrected chi connectivity index (χ3v) is 5.14. The van der Waals surface area contributed by atoms with Crippen LogP contribution in [0.5, 0.6) is 0 Å². The zero-order chi connectivity index (χ0) is 20.5. The van der Waals surface area contributed by atoms with Crippen molar-refractivity contribution in [3.8, 4) is 5.13 Å². The third-order valence-electron chi connectivity index (χ3n) is 4.22. The van der Waals surface area contributed by atoms with Gasteiger partial charge in [-0.3, -0.25) is 14.2 Å². The maximum absolute atomic E-state index is 12.9. The number of thiazole rings is 1. The second-order valence-electron chi connectivity index (χ2n) is 6.12. The highest BCUT2D eigenvalue weighted by atomic mass is 32.1. The molecule has 11 heteroatoms. The van der Waals surface area contributed by atoms with Crippen molar-refractivity contribution in [1.29, 1.82) is 0 Å². The van der Waals surface area contributed by atoms with Crippen LogP contribution in [0.25, 0.3) is 10.8 Å². The number of carbonyl (C=O) groups is 1. The zero-order valence-corrected chi connectivity index (χ0v) is 16.7. The highest BCUT2D eigenvalue weighted by Crippen LogP contribution is 2.21. The number of hydrogen-bond donors (Lipinski definition) is 3.